The molecule has 5 aromatic rings. The van der Waals surface area contributed by atoms with Crippen molar-refractivity contribution in [2.45, 2.75) is 0 Å². The molecule has 192 valence electrons. The van der Waals surface area contributed by atoms with Gasteiger partial charge in [-0.3, -0.25) is 0 Å². The summed E-state index contributed by atoms with van der Waals surface area (Å²) in [6, 6.07) is 6.14. The van der Waals surface area contributed by atoms with Crippen LogP contribution in [0, 0.1) is 0 Å². The summed E-state index contributed by atoms with van der Waals surface area (Å²) in [6.07, 6.45) is 0. The molecule has 0 bridgehead atoms. The lowest BCUT2D eigenvalue weighted by molar-refractivity contribution is 0.310. The highest BCUT2D eigenvalue weighted by atomic mass is 16.6. The summed E-state index contributed by atoms with van der Waals surface area (Å²) in [7, 11) is 8.59. The van der Waals surface area contributed by atoms with Crippen LogP contribution < -0.4 is 44.4 Å². The number of methoxy groups -OCH3 is 6. The van der Waals surface area contributed by atoms with Crippen molar-refractivity contribution in [3.63, 3.8) is 0 Å². The molecule has 2 aromatic heterocycles. The maximum Gasteiger partial charge on any atom is 0.344 e. The zero-order valence-corrected chi connectivity index (χ0v) is 20.8. The molecule has 0 N–H and O–H groups in total. The highest BCUT2D eigenvalue weighted by Gasteiger charge is 2.28. The molecule has 0 aliphatic heterocycles. The summed E-state index contributed by atoms with van der Waals surface area (Å²) in [5.41, 5.74) is -1.37. The maximum absolute atomic E-state index is 13.2. The van der Waals surface area contributed by atoms with Gasteiger partial charge in [0.05, 0.1) is 53.4 Å². The lowest BCUT2D eigenvalue weighted by atomic mass is 10.0. The van der Waals surface area contributed by atoms with Gasteiger partial charge in [0, 0.05) is 16.8 Å². The minimum atomic E-state index is -0.717. The van der Waals surface area contributed by atoms with E-state index in [1.54, 1.807) is 12.1 Å². The number of ether oxygens (including phenoxy) is 7. The normalized spacial score (nSPS) is 11.2. The van der Waals surface area contributed by atoms with Gasteiger partial charge in [0.1, 0.15) is 0 Å². The monoisotopic (exact) mass is 510 g/mol. The second-order valence-electron chi connectivity index (χ2n) is 7.74. The number of benzene rings is 3. The standard InChI is InChI=1S/C26H22O11/c1-29-13-7-8-14(20(32-4)19(13)31-3)35-16-10-12-18-17-11(25(27)37-24(18)22(16)34-6)9-15(30-2)21(33-5)23(17)36-26(12)28/h7-10H,1-6H3. The molecular formula is C26H22O11. The molecule has 0 aliphatic carbocycles. The summed E-state index contributed by atoms with van der Waals surface area (Å²) in [6.45, 7) is 0. The van der Waals surface area contributed by atoms with Gasteiger partial charge in [0.2, 0.25) is 23.0 Å². The molecule has 2 heterocycles. The zero-order valence-electron chi connectivity index (χ0n) is 20.8. The van der Waals surface area contributed by atoms with E-state index in [4.69, 9.17) is 42.0 Å². The van der Waals surface area contributed by atoms with E-state index >= 15 is 0 Å². The minimum Gasteiger partial charge on any atom is -0.493 e. The van der Waals surface area contributed by atoms with E-state index in [0.29, 0.717) is 22.3 Å². The zero-order chi connectivity index (χ0) is 26.4. The summed E-state index contributed by atoms with van der Waals surface area (Å²) >= 11 is 0. The molecule has 0 spiro atoms. The molecule has 0 saturated heterocycles. The third-order valence-electron chi connectivity index (χ3n) is 6.00. The Morgan fingerprint density at radius 3 is 1.43 bits per heavy atom. The van der Waals surface area contributed by atoms with Crippen molar-refractivity contribution in [2.24, 2.45) is 0 Å². The molecule has 0 radical (unpaired) electrons. The SMILES string of the molecule is COc1ccc(Oc2cc3c(=O)oc4c(OC)c(OC)cc5c(=O)oc(c2OC)c3c45)c(OC)c1OC. The van der Waals surface area contributed by atoms with Gasteiger partial charge in [-0.05, 0) is 18.2 Å². The first kappa shape index (κ1) is 23.9. The lowest BCUT2D eigenvalue weighted by Gasteiger charge is -2.18. The minimum absolute atomic E-state index is 0.00272. The van der Waals surface area contributed by atoms with Crippen LogP contribution in [-0.2, 0) is 0 Å². The first-order valence-electron chi connectivity index (χ1n) is 10.9. The fraction of sp³-hybridized carbons (Fsp3) is 0.231. The molecular weight excluding hydrogens is 488 g/mol. The van der Waals surface area contributed by atoms with Crippen LogP contribution in [0.3, 0.4) is 0 Å². The van der Waals surface area contributed by atoms with E-state index in [9.17, 15) is 9.59 Å². The largest absolute Gasteiger partial charge is 0.493 e. The molecule has 0 unspecified atom stereocenters. The van der Waals surface area contributed by atoms with Crippen molar-refractivity contribution < 1.29 is 42.0 Å². The van der Waals surface area contributed by atoms with Crippen LogP contribution in [0.25, 0.3) is 32.7 Å². The average molecular weight is 510 g/mol. The van der Waals surface area contributed by atoms with Crippen molar-refractivity contribution in [3.8, 4) is 46.0 Å². The van der Waals surface area contributed by atoms with E-state index < -0.39 is 11.3 Å². The van der Waals surface area contributed by atoms with Crippen LogP contribution in [-0.4, -0.2) is 42.7 Å². The molecule has 3 aromatic carbocycles. The van der Waals surface area contributed by atoms with Crippen molar-refractivity contribution in [2.75, 3.05) is 42.7 Å². The first-order valence-corrected chi connectivity index (χ1v) is 10.9. The van der Waals surface area contributed by atoms with Crippen LogP contribution in [0.15, 0.2) is 42.7 Å². The Morgan fingerprint density at radius 2 is 0.946 bits per heavy atom. The Kier molecular flexibility index (Phi) is 5.82. The maximum atomic E-state index is 13.2. The van der Waals surface area contributed by atoms with E-state index in [2.05, 4.69) is 0 Å². The molecule has 11 nitrogen and oxygen atoms in total. The molecule has 0 fully saturated rings. The Morgan fingerprint density at radius 1 is 0.514 bits per heavy atom. The Bertz CT molecular complexity index is 1760. The van der Waals surface area contributed by atoms with Gasteiger partial charge in [0.15, 0.2) is 34.2 Å². The van der Waals surface area contributed by atoms with Crippen molar-refractivity contribution >= 4 is 32.7 Å². The molecule has 5 rings (SSSR count). The predicted octanol–water partition coefficient (Wildman–Crippen LogP) is 4.33. The van der Waals surface area contributed by atoms with Gasteiger partial charge in [-0.25, -0.2) is 9.59 Å². The first-order chi connectivity index (χ1) is 17.9. The fourth-order valence-electron chi connectivity index (χ4n) is 4.43. The highest BCUT2D eigenvalue weighted by Crippen LogP contribution is 2.50. The van der Waals surface area contributed by atoms with Gasteiger partial charge in [-0.1, -0.05) is 0 Å². The predicted molar refractivity (Wildman–Crippen MR) is 133 cm³/mol. The second-order valence-corrected chi connectivity index (χ2v) is 7.74. The summed E-state index contributed by atoms with van der Waals surface area (Å²) in [5, 5.41) is 0.877. The number of rotatable bonds is 8. The van der Waals surface area contributed by atoms with Crippen LogP contribution in [0.5, 0.6) is 46.0 Å². The molecule has 37 heavy (non-hydrogen) atoms. The van der Waals surface area contributed by atoms with Gasteiger partial charge in [0.25, 0.3) is 0 Å². The Hall–Kier alpha value is -4.80. The molecule has 11 heteroatoms. The number of hydrogen-bond donors (Lipinski definition) is 0. The van der Waals surface area contributed by atoms with Crippen LogP contribution in [0.2, 0.25) is 0 Å². The Labute approximate surface area is 208 Å². The van der Waals surface area contributed by atoms with Crippen LogP contribution in [0.4, 0.5) is 0 Å². The number of hydrogen-bond acceptors (Lipinski definition) is 11. The van der Waals surface area contributed by atoms with Gasteiger partial charge >= 0.3 is 11.3 Å². The lowest BCUT2D eigenvalue weighted by Crippen LogP contribution is -2.09. The third-order valence-corrected chi connectivity index (χ3v) is 6.00. The van der Waals surface area contributed by atoms with Gasteiger partial charge in [-0.15, -0.1) is 0 Å². The molecule has 0 atom stereocenters. The molecule has 0 saturated carbocycles. The average Bonchev–Trinajstić information content (AvgIpc) is 2.91. The second kappa shape index (κ2) is 9.01. The van der Waals surface area contributed by atoms with Crippen molar-refractivity contribution in [1.29, 1.82) is 0 Å². The summed E-state index contributed by atoms with van der Waals surface area (Å²) in [4.78, 5) is 26.3. The van der Waals surface area contributed by atoms with Gasteiger partial charge in [-0.2, -0.15) is 0 Å². The van der Waals surface area contributed by atoms with Crippen LogP contribution in [0.1, 0.15) is 0 Å². The third kappa shape index (κ3) is 3.42. The molecule has 0 aliphatic rings. The highest BCUT2D eigenvalue weighted by molar-refractivity contribution is 6.22. The van der Waals surface area contributed by atoms with Crippen molar-refractivity contribution in [3.05, 3.63) is 45.1 Å². The van der Waals surface area contributed by atoms with E-state index in [-0.39, 0.29) is 56.4 Å². The van der Waals surface area contributed by atoms with Crippen molar-refractivity contribution in [1.82, 2.24) is 0 Å². The summed E-state index contributed by atoms with van der Waals surface area (Å²) < 4.78 is 50.0. The summed E-state index contributed by atoms with van der Waals surface area (Å²) in [5.74, 6) is 1.69. The Balaban J connectivity index is 1.86. The van der Waals surface area contributed by atoms with E-state index in [1.807, 2.05) is 0 Å². The molecule has 0 amide bonds. The van der Waals surface area contributed by atoms with Gasteiger partial charge < -0.3 is 42.0 Å². The van der Waals surface area contributed by atoms with E-state index in [1.165, 1.54) is 54.8 Å². The smallest absolute Gasteiger partial charge is 0.344 e. The topological polar surface area (TPSA) is 125 Å². The van der Waals surface area contributed by atoms with Crippen LogP contribution >= 0.6 is 0 Å². The van der Waals surface area contributed by atoms with E-state index in [0.717, 1.165) is 0 Å². The quantitative estimate of drug-likeness (QED) is 0.219. The fourth-order valence-corrected chi connectivity index (χ4v) is 4.43.